The lowest BCUT2D eigenvalue weighted by molar-refractivity contribution is 0.0965. The van der Waals surface area contributed by atoms with Gasteiger partial charge in [-0.05, 0) is 24.9 Å². The van der Waals surface area contributed by atoms with E-state index in [0.717, 1.165) is 11.4 Å². The topological polar surface area (TPSA) is 80.0 Å². The number of nitrogens with two attached hydrogens (primary N) is 1. The smallest absolute Gasteiger partial charge is 0.257 e. The van der Waals surface area contributed by atoms with Crippen molar-refractivity contribution >= 4 is 28.3 Å². The third-order valence-corrected chi connectivity index (χ3v) is 3.83. The Labute approximate surface area is 119 Å². The van der Waals surface area contributed by atoms with Gasteiger partial charge in [0.1, 0.15) is 10.6 Å². The Morgan fingerprint density at radius 3 is 2.79 bits per heavy atom. The summed E-state index contributed by atoms with van der Waals surface area (Å²) in [7, 11) is 1.59. The Morgan fingerprint density at radius 2 is 2.16 bits per heavy atom. The fourth-order valence-electron chi connectivity index (χ4n) is 1.92. The summed E-state index contributed by atoms with van der Waals surface area (Å²) in [5, 5.41) is 6.69. The molecule has 108 valence electrons. The molecule has 19 heavy (non-hydrogen) atoms. The molecule has 1 amide bonds. The number of nitrogens with one attached hydrogen (secondary N) is 2. The van der Waals surface area contributed by atoms with E-state index >= 15 is 0 Å². The molecule has 0 aliphatic carbocycles. The molecule has 0 bridgehead atoms. The van der Waals surface area contributed by atoms with Crippen LogP contribution in [0, 0.1) is 0 Å². The molecule has 0 saturated carbocycles. The van der Waals surface area contributed by atoms with Gasteiger partial charge < -0.3 is 16.4 Å². The number of hydrogen-bond donors (Lipinski definition) is 3. The number of amides is 1. The number of anilines is 2. The molecule has 0 aliphatic heterocycles. The lowest BCUT2D eigenvalue weighted by Crippen LogP contribution is -2.22. The number of carbonyl (C=O) groups excluding carboxylic acids is 1. The predicted molar refractivity (Wildman–Crippen MR) is 81.8 cm³/mol. The van der Waals surface area contributed by atoms with Crippen molar-refractivity contribution < 1.29 is 4.79 Å². The number of rotatable bonds is 8. The first-order valence-corrected chi connectivity index (χ1v) is 7.61. The second kappa shape index (κ2) is 7.99. The predicted octanol–water partition coefficient (Wildman–Crippen LogP) is 2.86. The molecule has 0 saturated heterocycles. The van der Waals surface area contributed by atoms with Crippen LogP contribution in [0.5, 0.6) is 0 Å². The van der Waals surface area contributed by atoms with Crippen LogP contribution in [-0.4, -0.2) is 23.4 Å². The molecule has 1 atom stereocenters. The summed E-state index contributed by atoms with van der Waals surface area (Å²) in [4.78, 5) is 11.7. The van der Waals surface area contributed by atoms with E-state index in [-0.39, 0.29) is 5.91 Å². The van der Waals surface area contributed by atoms with Crippen molar-refractivity contribution in [1.82, 2.24) is 9.69 Å². The number of carbonyl (C=O) groups is 1. The monoisotopic (exact) mass is 284 g/mol. The molecule has 1 aromatic rings. The Hall–Kier alpha value is -1.30. The Balaban J connectivity index is 2.54. The first kappa shape index (κ1) is 15.8. The van der Waals surface area contributed by atoms with E-state index in [0.29, 0.717) is 17.4 Å². The van der Waals surface area contributed by atoms with Gasteiger partial charge in [0.15, 0.2) is 5.82 Å². The molecule has 0 fully saturated rings. The highest BCUT2D eigenvalue weighted by atomic mass is 32.1. The third-order valence-electron chi connectivity index (χ3n) is 3.04. The standard InChI is InChI=1S/C13H24N4OS/c1-4-5-6-7-8-9(2)16-13-10(12(18)15-3)11(14)17-19-13/h9,16H,4-8H2,1-3H3,(H2,14,17)(H,15,18). The SMILES string of the molecule is CCCCCCC(C)Nc1snc(N)c1C(=O)NC. The second-order valence-electron chi connectivity index (χ2n) is 4.75. The van der Waals surface area contributed by atoms with E-state index in [9.17, 15) is 4.79 Å². The van der Waals surface area contributed by atoms with Gasteiger partial charge >= 0.3 is 0 Å². The van der Waals surface area contributed by atoms with Gasteiger partial charge in [-0.3, -0.25) is 4.79 Å². The van der Waals surface area contributed by atoms with Crippen LogP contribution in [0.2, 0.25) is 0 Å². The Morgan fingerprint density at radius 1 is 1.42 bits per heavy atom. The Bertz CT molecular complexity index is 405. The lowest BCUT2D eigenvalue weighted by atomic mass is 10.1. The zero-order valence-electron chi connectivity index (χ0n) is 12.0. The summed E-state index contributed by atoms with van der Waals surface area (Å²) < 4.78 is 4.04. The van der Waals surface area contributed by atoms with Crippen molar-refractivity contribution in [1.29, 1.82) is 0 Å². The maximum atomic E-state index is 11.7. The van der Waals surface area contributed by atoms with Crippen LogP contribution in [0.3, 0.4) is 0 Å². The molecule has 1 heterocycles. The molecular weight excluding hydrogens is 260 g/mol. The second-order valence-corrected chi connectivity index (χ2v) is 5.52. The summed E-state index contributed by atoms with van der Waals surface area (Å²) in [6.45, 7) is 4.33. The van der Waals surface area contributed by atoms with Crippen molar-refractivity contribution in [3.63, 3.8) is 0 Å². The maximum absolute atomic E-state index is 11.7. The lowest BCUT2D eigenvalue weighted by Gasteiger charge is -2.14. The highest BCUT2D eigenvalue weighted by Crippen LogP contribution is 2.27. The molecule has 0 spiro atoms. The van der Waals surface area contributed by atoms with Crippen molar-refractivity contribution in [3.8, 4) is 0 Å². The molecule has 1 aromatic heterocycles. The van der Waals surface area contributed by atoms with Gasteiger partial charge in [-0.2, -0.15) is 4.37 Å². The highest BCUT2D eigenvalue weighted by molar-refractivity contribution is 7.11. The van der Waals surface area contributed by atoms with Crippen LogP contribution in [0.4, 0.5) is 10.8 Å². The van der Waals surface area contributed by atoms with E-state index in [4.69, 9.17) is 5.73 Å². The van der Waals surface area contributed by atoms with Crippen LogP contribution >= 0.6 is 11.5 Å². The highest BCUT2D eigenvalue weighted by Gasteiger charge is 2.19. The summed E-state index contributed by atoms with van der Waals surface area (Å²) in [6, 6.07) is 0.320. The zero-order chi connectivity index (χ0) is 14.3. The number of unbranched alkanes of at least 4 members (excludes halogenated alkanes) is 3. The average Bonchev–Trinajstić information content (AvgIpc) is 2.75. The summed E-state index contributed by atoms with van der Waals surface area (Å²) >= 11 is 1.24. The maximum Gasteiger partial charge on any atom is 0.257 e. The third kappa shape index (κ3) is 4.70. The van der Waals surface area contributed by atoms with Crippen LogP contribution in [0.15, 0.2) is 0 Å². The van der Waals surface area contributed by atoms with Gasteiger partial charge in [-0.1, -0.05) is 32.6 Å². The number of nitrogen functional groups attached to an aromatic ring is 1. The largest absolute Gasteiger partial charge is 0.382 e. The van der Waals surface area contributed by atoms with Crippen molar-refractivity contribution in [3.05, 3.63) is 5.56 Å². The quantitative estimate of drug-likeness (QED) is 0.641. The van der Waals surface area contributed by atoms with E-state index in [1.165, 1.54) is 37.2 Å². The minimum absolute atomic E-state index is 0.188. The van der Waals surface area contributed by atoms with Gasteiger partial charge in [0.25, 0.3) is 5.91 Å². The van der Waals surface area contributed by atoms with Crippen molar-refractivity contribution in [2.75, 3.05) is 18.1 Å². The zero-order valence-corrected chi connectivity index (χ0v) is 12.8. The van der Waals surface area contributed by atoms with Gasteiger partial charge in [0, 0.05) is 13.1 Å². The molecule has 4 N–H and O–H groups in total. The van der Waals surface area contributed by atoms with Crippen LogP contribution in [-0.2, 0) is 0 Å². The summed E-state index contributed by atoms with van der Waals surface area (Å²) in [5.74, 6) is 0.108. The minimum Gasteiger partial charge on any atom is -0.382 e. The van der Waals surface area contributed by atoms with E-state index < -0.39 is 0 Å². The van der Waals surface area contributed by atoms with Crippen molar-refractivity contribution in [2.45, 2.75) is 52.0 Å². The average molecular weight is 284 g/mol. The molecule has 1 unspecified atom stereocenters. The molecule has 0 aliphatic rings. The number of hydrogen-bond acceptors (Lipinski definition) is 5. The van der Waals surface area contributed by atoms with Crippen LogP contribution < -0.4 is 16.4 Å². The van der Waals surface area contributed by atoms with Crippen LogP contribution in [0.1, 0.15) is 56.3 Å². The first-order chi connectivity index (χ1) is 9.10. The van der Waals surface area contributed by atoms with Gasteiger partial charge in [0.2, 0.25) is 0 Å². The number of aromatic nitrogens is 1. The molecule has 0 aromatic carbocycles. The number of nitrogens with zero attached hydrogens (tertiary/aromatic N) is 1. The van der Waals surface area contributed by atoms with Gasteiger partial charge in [-0.15, -0.1) is 0 Å². The van der Waals surface area contributed by atoms with Crippen molar-refractivity contribution in [2.24, 2.45) is 0 Å². The van der Waals surface area contributed by atoms with E-state index in [1.807, 2.05) is 0 Å². The van der Waals surface area contributed by atoms with E-state index in [2.05, 4.69) is 28.9 Å². The fourth-order valence-corrected chi connectivity index (χ4v) is 2.74. The van der Waals surface area contributed by atoms with Crippen LogP contribution in [0.25, 0.3) is 0 Å². The molecule has 6 heteroatoms. The first-order valence-electron chi connectivity index (χ1n) is 6.83. The molecule has 0 radical (unpaired) electrons. The van der Waals surface area contributed by atoms with Gasteiger partial charge in [0.05, 0.1) is 0 Å². The normalized spacial score (nSPS) is 12.2. The molecule has 1 rings (SSSR count). The van der Waals surface area contributed by atoms with Gasteiger partial charge in [-0.25, -0.2) is 0 Å². The summed E-state index contributed by atoms with van der Waals surface area (Å²) in [5.41, 5.74) is 6.20. The Kier molecular flexibility index (Phi) is 6.62. The molecular formula is C13H24N4OS. The summed E-state index contributed by atoms with van der Waals surface area (Å²) in [6.07, 6.45) is 6.07. The molecule has 5 nitrogen and oxygen atoms in total. The fraction of sp³-hybridized carbons (Fsp3) is 0.692. The van der Waals surface area contributed by atoms with E-state index in [1.54, 1.807) is 7.05 Å². The minimum atomic E-state index is -0.188.